The molecule has 0 unspecified atom stereocenters. The summed E-state index contributed by atoms with van der Waals surface area (Å²) >= 11 is 0. The van der Waals surface area contributed by atoms with Crippen molar-refractivity contribution in [1.82, 2.24) is 24.8 Å². The van der Waals surface area contributed by atoms with Gasteiger partial charge >= 0.3 is 0 Å². The number of halogens is 1. The van der Waals surface area contributed by atoms with E-state index in [9.17, 15) is 9.18 Å². The molecule has 0 aliphatic rings. The van der Waals surface area contributed by atoms with Gasteiger partial charge in [-0.05, 0) is 51.9 Å². The number of carbonyl (C=O) groups is 1. The molecule has 0 bridgehead atoms. The molecule has 0 saturated carbocycles. The average Bonchev–Trinajstić information content (AvgIpc) is 3.21. The summed E-state index contributed by atoms with van der Waals surface area (Å²) in [6.07, 6.45) is 3.64. The number of carbonyl (C=O) groups excluding carboxylic acids is 1. The second-order valence-electron chi connectivity index (χ2n) is 10.5. The molecule has 7 nitrogen and oxygen atoms in total. The number of nitrogens with zero attached hydrogens (tertiary/aromatic N) is 4. The number of benzene rings is 2. The Kier molecular flexibility index (Phi) is 6.87. The van der Waals surface area contributed by atoms with Gasteiger partial charge in [-0.3, -0.25) is 9.78 Å². The van der Waals surface area contributed by atoms with E-state index in [4.69, 9.17) is 9.72 Å². The van der Waals surface area contributed by atoms with Crippen molar-refractivity contribution in [2.75, 3.05) is 7.05 Å². The van der Waals surface area contributed by atoms with E-state index in [0.29, 0.717) is 17.9 Å². The molecule has 0 aliphatic carbocycles. The van der Waals surface area contributed by atoms with E-state index in [2.05, 4.69) is 58.8 Å². The summed E-state index contributed by atoms with van der Waals surface area (Å²) in [5.74, 6) is 1.24. The fourth-order valence-electron chi connectivity index (χ4n) is 4.66. The van der Waals surface area contributed by atoms with E-state index in [1.807, 2.05) is 31.3 Å². The van der Waals surface area contributed by atoms with Gasteiger partial charge in [-0.25, -0.2) is 9.97 Å². The third-order valence-electron chi connectivity index (χ3n) is 6.66. The minimum atomic E-state index is -0.497. The van der Waals surface area contributed by atoms with Gasteiger partial charge in [0, 0.05) is 51.1 Å². The zero-order chi connectivity index (χ0) is 27.7. The smallest absolute Gasteiger partial charge is 0.269 e. The van der Waals surface area contributed by atoms with Gasteiger partial charge in [-0.1, -0.05) is 39.0 Å². The van der Waals surface area contributed by atoms with Crippen LogP contribution in [-0.2, 0) is 18.9 Å². The molecule has 1 N–H and O–H groups in total. The summed E-state index contributed by atoms with van der Waals surface area (Å²) in [6, 6.07) is 18.7. The Morgan fingerprint density at radius 3 is 2.49 bits per heavy atom. The maximum atomic E-state index is 14.0. The number of imidazole rings is 1. The van der Waals surface area contributed by atoms with Crippen LogP contribution in [0.25, 0.3) is 22.2 Å². The van der Waals surface area contributed by atoms with E-state index in [1.165, 1.54) is 18.5 Å². The summed E-state index contributed by atoms with van der Waals surface area (Å²) in [7, 11) is 3.55. The Bertz CT molecular complexity index is 1690. The molecule has 3 aromatic heterocycles. The number of pyridine rings is 2. The minimum Gasteiger partial charge on any atom is -0.457 e. The first kappa shape index (κ1) is 26.0. The third kappa shape index (κ3) is 5.50. The van der Waals surface area contributed by atoms with Crippen molar-refractivity contribution in [2.24, 2.45) is 7.05 Å². The topological polar surface area (TPSA) is 81.9 Å². The van der Waals surface area contributed by atoms with Crippen molar-refractivity contribution in [3.05, 3.63) is 102 Å². The molecule has 0 radical (unpaired) electrons. The number of amides is 1. The predicted molar refractivity (Wildman–Crippen MR) is 150 cm³/mol. The molecule has 0 saturated heterocycles. The number of hydrogen-bond donors (Lipinski definition) is 1. The summed E-state index contributed by atoms with van der Waals surface area (Å²) < 4.78 is 22.1. The van der Waals surface area contributed by atoms with E-state index in [-0.39, 0.29) is 17.0 Å². The largest absolute Gasteiger partial charge is 0.457 e. The number of ether oxygens (including phenoxy) is 1. The number of fused-ring (bicyclic) bond motifs is 1. The molecule has 0 fully saturated rings. The molecule has 0 aliphatic heterocycles. The van der Waals surface area contributed by atoms with Crippen LogP contribution in [0, 0.1) is 5.95 Å². The Balaban J connectivity index is 1.45. The fourth-order valence-corrected chi connectivity index (χ4v) is 4.66. The first-order chi connectivity index (χ1) is 18.6. The Morgan fingerprint density at radius 2 is 1.74 bits per heavy atom. The summed E-state index contributed by atoms with van der Waals surface area (Å²) in [4.78, 5) is 24.6. The quantitative estimate of drug-likeness (QED) is 0.268. The van der Waals surface area contributed by atoms with Gasteiger partial charge in [0.15, 0.2) is 0 Å². The molecule has 0 atom stereocenters. The first-order valence-electron chi connectivity index (χ1n) is 12.7. The minimum absolute atomic E-state index is 0.113. The van der Waals surface area contributed by atoms with Crippen molar-refractivity contribution >= 4 is 16.9 Å². The van der Waals surface area contributed by atoms with Crippen LogP contribution in [-0.4, -0.2) is 32.5 Å². The maximum absolute atomic E-state index is 14.0. The average molecular weight is 524 g/mol. The van der Waals surface area contributed by atoms with Gasteiger partial charge < -0.3 is 14.6 Å². The summed E-state index contributed by atoms with van der Waals surface area (Å²) in [5.41, 5.74) is 5.94. The van der Waals surface area contributed by atoms with Gasteiger partial charge in [-0.2, -0.15) is 4.39 Å². The van der Waals surface area contributed by atoms with Gasteiger partial charge in [0.2, 0.25) is 5.95 Å². The number of nitrogens with one attached hydrogen (secondary N) is 1. The summed E-state index contributed by atoms with van der Waals surface area (Å²) in [5, 5.41) is 2.56. The third-order valence-corrected chi connectivity index (χ3v) is 6.66. The van der Waals surface area contributed by atoms with E-state index < -0.39 is 5.95 Å². The van der Waals surface area contributed by atoms with Crippen molar-refractivity contribution < 1.29 is 13.9 Å². The standard InChI is InChI=1S/C31H30FN5O2/c1-31(2,3)24-8-6-19(14-23(24)20-10-12-35-28(32)16-20)15-29-36-25-17-21(7-9-27(25)37(29)5)39-22-11-13-34-26(18-22)30(38)33-4/h6-14,16-18H,15H2,1-5H3,(H,33,38). The zero-order valence-electron chi connectivity index (χ0n) is 22.6. The lowest BCUT2D eigenvalue weighted by Gasteiger charge is -2.24. The summed E-state index contributed by atoms with van der Waals surface area (Å²) in [6.45, 7) is 6.46. The van der Waals surface area contributed by atoms with Crippen molar-refractivity contribution in [1.29, 1.82) is 0 Å². The highest BCUT2D eigenvalue weighted by Gasteiger charge is 2.20. The Hall–Kier alpha value is -4.59. The Labute approximate surface area is 226 Å². The van der Waals surface area contributed by atoms with E-state index in [0.717, 1.165) is 39.1 Å². The Morgan fingerprint density at radius 1 is 0.974 bits per heavy atom. The zero-order valence-corrected chi connectivity index (χ0v) is 22.6. The highest BCUT2D eigenvalue weighted by atomic mass is 19.1. The van der Waals surface area contributed by atoms with Gasteiger partial charge in [0.25, 0.3) is 5.91 Å². The maximum Gasteiger partial charge on any atom is 0.269 e. The molecule has 8 heteroatoms. The first-order valence-corrected chi connectivity index (χ1v) is 12.7. The van der Waals surface area contributed by atoms with Crippen LogP contribution in [0.15, 0.2) is 73.1 Å². The molecule has 198 valence electrons. The number of aryl methyl sites for hydroxylation is 1. The monoisotopic (exact) mass is 523 g/mol. The molecule has 39 heavy (non-hydrogen) atoms. The molecule has 0 spiro atoms. The van der Waals surface area contributed by atoms with Crippen LogP contribution >= 0.6 is 0 Å². The van der Waals surface area contributed by atoms with Crippen LogP contribution in [0.5, 0.6) is 11.5 Å². The van der Waals surface area contributed by atoms with Crippen LogP contribution in [0.2, 0.25) is 0 Å². The number of aromatic nitrogens is 4. The molecular formula is C31H30FN5O2. The van der Waals surface area contributed by atoms with Crippen molar-refractivity contribution in [2.45, 2.75) is 32.6 Å². The van der Waals surface area contributed by atoms with Crippen molar-refractivity contribution in [3.8, 4) is 22.6 Å². The molecule has 5 rings (SSSR count). The second kappa shape index (κ2) is 10.3. The molecule has 2 aromatic carbocycles. The SMILES string of the molecule is CNC(=O)c1cc(Oc2ccc3c(c2)nc(Cc2ccc(C(C)(C)C)c(-c4ccnc(F)c4)c2)n3C)ccn1. The molecule has 1 amide bonds. The lowest BCUT2D eigenvalue weighted by Crippen LogP contribution is -2.18. The van der Waals surface area contributed by atoms with Crippen molar-refractivity contribution in [3.63, 3.8) is 0 Å². The highest BCUT2D eigenvalue weighted by molar-refractivity contribution is 5.92. The van der Waals surface area contributed by atoms with Crippen LogP contribution in [0.1, 0.15) is 48.2 Å². The second-order valence-corrected chi connectivity index (χ2v) is 10.5. The van der Waals surface area contributed by atoms with E-state index >= 15 is 0 Å². The lowest BCUT2D eigenvalue weighted by molar-refractivity contribution is 0.0958. The van der Waals surface area contributed by atoms with Gasteiger partial charge in [-0.15, -0.1) is 0 Å². The van der Waals surface area contributed by atoms with Crippen LogP contribution in [0.3, 0.4) is 0 Å². The highest BCUT2D eigenvalue weighted by Crippen LogP contribution is 2.34. The van der Waals surface area contributed by atoms with Gasteiger partial charge in [0.05, 0.1) is 11.0 Å². The number of hydrogen-bond acceptors (Lipinski definition) is 5. The van der Waals surface area contributed by atoms with E-state index in [1.54, 1.807) is 19.2 Å². The molecular weight excluding hydrogens is 493 g/mol. The molecule has 3 heterocycles. The molecule has 5 aromatic rings. The lowest BCUT2D eigenvalue weighted by atomic mass is 9.81. The normalized spacial score (nSPS) is 11.5. The van der Waals surface area contributed by atoms with Crippen LogP contribution < -0.4 is 10.1 Å². The van der Waals surface area contributed by atoms with Gasteiger partial charge in [0.1, 0.15) is 23.0 Å². The van der Waals surface area contributed by atoms with Crippen LogP contribution in [0.4, 0.5) is 4.39 Å². The fraction of sp³-hybridized carbons (Fsp3) is 0.226. The predicted octanol–water partition coefficient (Wildman–Crippen LogP) is 6.21. The number of rotatable bonds is 6.